The van der Waals surface area contributed by atoms with Crippen molar-refractivity contribution in [3.63, 3.8) is 0 Å². The standard InChI is InChI=1S/C54H72N4O14S2/c1-5-15-67-47-29-11-9-12-30(47)20-34-24-38(56-54(74)58-52-46(66)44(64)42(62)40(28-60)72-52)26-36(50(34)70-18-8-4)22-32-14-10-13-31(48(32)68-16-6-2)21-35-25-37(23-33(19-29)49(35)69-17-7-3)55-53(73)57-51-45(65)43(63)41(61)39(27-59)71-51/h9-14,23-26,39-46,51-52,59-66H,5-8,15-22,27-28H2,1-4H3,(H2,55,57,73)(H2,56,58,74)/t39-,40-,41-,42-,43+,44+,45-,46-,51-,52-/m1/s1. The van der Waals surface area contributed by atoms with Gasteiger partial charge in [0.15, 0.2) is 22.7 Å². The van der Waals surface area contributed by atoms with E-state index in [-0.39, 0.29) is 10.2 Å². The summed E-state index contributed by atoms with van der Waals surface area (Å²) in [5, 5.41) is 95.6. The smallest absolute Gasteiger partial charge is 0.172 e. The molecule has 2 saturated heterocycles. The Morgan fingerprint density at radius 1 is 0.459 bits per heavy atom. The number of nitrogens with one attached hydrogen (secondary N) is 4. The van der Waals surface area contributed by atoms with E-state index in [9.17, 15) is 40.9 Å². The Hall–Kier alpha value is -4.94. The van der Waals surface area contributed by atoms with E-state index in [0.29, 0.717) is 86.5 Å². The quantitative estimate of drug-likeness (QED) is 0.0559. The topological polar surface area (TPSA) is 265 Å². The molecule has 0 saturated carbocycles. The van der Waals surface area contributed by atoms with Gasteiger partial charge in [0, 0.05) is 59.3 Å². The molecule has 2 heterocycles. The molecule has 18 nitrogen and oxygen atoms in total. The molecular weight excluding hydrogens is 993 g/mol. The number of ether oxygens (including phenoxy) is 6. The van der Waals surface area contributed by atoms with Gasteiger partial charge in [-0.25, -0.2) is 0 Å². The normalized spacial score (nSPS) is 24.5. The minimum atomic E-state index is -1.60. The molecule has 8 bridgehead atoms. The Labute approximate surface area is 442 Å². The Bertz CT molecular complexity index is 2270. The molecule has 7 rings (SSSR count). The van der Waals surface area contributed by atoms with Gasteiger partial charge >= 0.3 is 0 Å². The fourth-order valence-electron chi connectivity index (χ4n) is 9.42. The summed E-state index contributed by atoms with van der Waals surface area (Å²) in [6, 6.07) is 20.0. The van der Waals surface area contributed by atoms with Gasteiger partial charge in [-0.2, -0.15) is 0 Å². The third kappa shape index (κ3) is 13.5. The van der Waals surface area contributed by atoms with Crippen LogP contribution in [0.5, 0.6) is 23.0 Å². The predicted molar refractivity (Wildman–Crippen MR) is 286 cm³/mol. The molecule has 1 aliphatic carbocycles. The zero-order chi connectivity index (χ0) is 53.1. The van der Waals surface area contributed by atoms with Gasteiger partial charge in [0.05, 0.1) is 39.6 Å². The van der Waals surface area contributed by atoms with Crippen molar-refractivity contribution in [3.05, 3.63) is 105 Å². The largest absolute Gasteiger partial charge is 0.493 e. The molecule has 0 unspecified atom stereocenters. The monoisotopic (exact) mass is 1060 g/mol. The predicted octanol–water partition coefficient (Wildman–Crippen LogP) is 3.69. The van der Waals surface area contributed by atoms with E-state index < -0.39 is 74.5 Å². The first-order valence-electron chi connectivity index (χ1n) is 25.5. The molecule has 20 heteroatoms. The van der Waals surface area contributed by atoms with E-state index in [1.54, 1.807) is 0 Å². The van der Waals surface area contributed by atoms with Crippen LogP contribution in [-0.2, 0) is 35.2 Å². The van der Waals surface area contributed by atoms with Crippen LogP contribution in [0.15, 0.2) is 60.7 Å². The van der Waals surface area contributed by atoms with Crippen LogP contribution in [-0.4, -0.2) is 152 Å². The van der Waals surface area contributed by atoms with Crippen molar-refractivity contribution in [2.75, 3.05) is 50.3 Å². The molecule has 0 amide bonds. The van der Waals surface area contributed by atoms with Gasteiger partial charge in [-0.3, -0.25) is 0 Å². The van der Waals surface area contributed by atoms with Crippen LogP contribution in [0, 0.1) is 0 Å². The number of hydrogen-bond donors (Lipinski definition) is 12. The lowest BCUT2D eigenvalue weighted by Crippen LogP contribution is -2.63. The lowest BCUT2D eigenvalue weighted by atomic mass is 9.90. The Balaban J connectivity index is 1.36. The zero-order valence-electron chi connectivity index (χ0n) is 42.3. The number of benzene rings is 4. The van der Waals surface area contributed by atoms with Crippen LogP contribution in [0.3, 0.4) is 0 Å². The highest BCUT2D eigenvalue weighted by Gasteiger charge is 2.45. The van der Waals surface area contributed by atoms with E-state index in [1.807, 2.05) is 74.5 Å². The molecule has 0 spiro atoms. The van der Waals surface area contributed by atoms with E-state index in [0.717, 1.165) is 70.2 Å². The van der Waals surface area contributed by atoms with Crippen molar-refractivity contribution in [2.24, 2.45) is 0 Å². The van der Waals surface area contributed by atoms with Crippen molar-refractivity contribution in [2.45, 2.75) is 140 Å². The number of aliphatic hydroxyl groups excluding tert-OH is 8. The van der Waals surface area contributed by atoms with Crippen LogP contribution in [0.4, 0.5) is 11.4 Å². The molecule has 0 aromatic heterocycles. The molecule has 2 aliphatic heterocycles. The van der Waals surface area contributed by atoms with Gasteiger partial charge in [-0.15, -0.1) is 0 Å². The summed E-state index contributed by atoms with van der Waals surface area (Å²) >= 11 is 11.6. The third-order valence-electron chi connectivity index (χ3n) is 13.0. The molecule has 2 fully saturated rings. The van der Waals surface area contributed by atoms with E-state index in [2.05, 4.69) is 35.1 Å². The maximum atomic E-state index is 10.8. The van der Waals surface area contributed by atoms with Crippen LogP contribution in [0.2, 0.25) is 0 Å². The van der Waals surface area contributed by atoms with Crippen LogP contribution in [0.25, 0.3) is 0 Å². The summed E-state index contributed by atoms with van der Waals surface area (Å²) in [5.74, 6) is 2.79. The van der Waals surface area contributed by atoms with Crippen LogP contribution in [0.1, 0.15) is 97.9 Å². The number of aliphatic hydroxyl groups is 8. The summed E-state index contributed by atoms with van der Waals surface area (Å²) in [4.78, 5) is 0. The lowest BCUT2D eigenvalue weighted by molar-refractivity contribution is -0.232. The van der Waals surface area contributed by atoms with Gasteiger partial charge < -0.3 is 90.5 Å². The minimum Gasteiger partial charge on any atom is -0.493 e. The molecule has 0 radical (unpaired) electrons. The first kappa shape index (κ1) is 56.8. The maximum Gasteiger partial charge on any atom is 0.172 e. The Morgan fingerprint density at radius 3 is 1.01 bits per heavy atom. The van der Waals surface area contributed by atoms with Crippen LogP contribution < -0.4 is 40.2 Å². The first-order chi connectivity index (χ1) is 35.7. The van der Waals surface area contributed by atoms with E-state index >= 15 is 0 Å². The fraction of sp³-hybridized carbons (Fsp3) is 0.519. The van der Waals surface area contributed by atoms with E-state index in [4.69, 9.17) is 52.9 Å². The average Bonchev–Trinajstić information content (AvgIpc) is 3.37. The van der Waals surface area contributed by atoms with Crippen LogP contribution >= 0.6 is 24.4 Å². The summed E-state index contributed by atoms with van der Waals surface area (Å²) < 4.78 is 38.3. The Kier molecular flexibility index (Phi) is 20.5. The van der Waals surface area contributed by atoms with E-state index in [1.165, 1.54) is 0 Å². The molecule has 4 aromatic rings. The maximum absolute atomic E-state index is 10.8. The second-order valence-corrected chi connectivity index (χ2v) is 19.7. The number of hydrogen-bond acceptors (Lipinski definition) is 16. The summed E-state index contributed by atoms with van der Waals surface area (Å²) in [6.07, 6.45) is -9.69. The highest BCUT2D eigenvalue weighted by atomic mass is 32.1. The number of fused-ring (bicyclic) bond motifs is 8. The number of para-hydroxylation sites is 2. The average molecular weight is 1070 g/mol. The van der Waals surface area contributed by atoms with Gasteiger partial charge in [-0.05, 0) is 96.6 Å². The molecule has 12 N–H and O–H groups in total. The Morgan fingerprint density at radius 2 is 0.743 bits per heavy atom. The zero-order valence-corrected chi connectivity index (χ0v) is 43.9. The minimum absolute atomic E-state index is 0.0556. The molecule has 74 heavy (non-hydrogen) atoms. The van der Waals surface area contributed by atoms with Gasteiger partial charge in [0.2, 0.25) is 0 Å². The SMILES string of the molecule is CCCOc1c2cccc1Cc1cc(NC(=S)N[C@@H]3O[C@H](CO)[C@@H](O)[C@H](O)[C@H]3O)cc(c1OCCC)Cc1cccc(c1OCCC)Cc1cc(NC(=S)N[C@@H]3O[C@H](CO)[C@@H](O)[C@H](O)[C@H]3O)cc(c1OCCC)C2. The van der Waals surface area contributed by atoms with Gasteiger partial charge in [0.1, 0.15) is 71.8 Å². The van der Waals surface area contributed by atoms with Gasteiger partial charge in [0.25, 0.3) is 0 Å². The van der Waals surface area contributed by atoms with Crippen molar-refractivity contribution >= 4 is 46.0 Å². The number of thiocarbonyl (C=S) groups is 2. The second kappa shape index (κ2) is 26.7. The lowest BCUT2D eigenvalue weighted by Gasteiger charge is -2.40. The van der Waals surface area contributed by atoms with Crippen molar-refractivity contribution in [1.29, 1.82) is 0 Å². The second-order valence-electron chi connectivity index (χ2n) is 18.9. The molecule has 4 aromatic carbocycles. The molecule has 3 aliphatic rings. The summed E-state index contributed by atoms with van der Waals surface area (Å²) in [6.45, 7) is 8.77. The molecule has 10 atom stereocenters. The van der Waals surface area contributed by atoms with Gasteiger partial charge in [-0.1, -0.05) is 64.1 Å². The third-order valence-corrected chi connectivity index (χ3v) is 13.5. The fourth-order valence-corrected chi connectivity index (χ4v) is 9.89. The first-order valence-corrected chi connectivity index (χ1v) is 26.3. The van der Waals surface area contributed by atoms with Crippen molar-refractivity contribution in [3.8, 4) is 23.0 Å². The molecule has 404 valence electrons. The van der Waals surface area contributed by atoms with Crippen molar-refractivity contribution in [1.82, 2.24) is 10.6 Å². The number of rotatable bonds is 18. The highest BCUT2D eigenvalue weighted by molar-refractivity contribution is 7.80. The molecular formula is C54H72N4O14S2. The summed E-state index contributed by atoms with van der Waals surface area (Å²) in [7, 11) is 0. The van der Waals surface area contributed by atoms with Crippen molar-refractivity contribution < 1.29 is 69.3 Å². The summed E-state index contributed by atoms with van der Waals surface area (Å²) in [5.41, 5.74) is 8.04. The highest BCUT2D eigenvalue weighted by Crippen LogP contribution is 2.41. The number of anilines is 2.